The van der Waals surface area contributed by atoms with Crippen molar-refractivity contribution in [2.24, 2.45) is 0 Å². The van der Waals surface area contributed by atoms with Crippen LogP contribution in [0, 0.1) is 11.6 Å². The summed E-state index contributed by atoms with van der Waals surface area (Å²) in [6.45, 7) is 0.230. The van der Waals surface area contributed by atoms with Crippen LogP contribution in [0.3, 0.4) is 0 Å². The van der Waals surface area contributed by atoms with Gasteiger partial charge in [-0.05, 0) is 6.92 Å². The number of aliphatic hydroxyl groups excluding tert-OH is 1. The lowest BCUT2D eigenvalue weighted by Crippen LogP contribution is -2.34. The largest absolute Gasteiger partial charge is 0.491 e. The molecule has 3 aromatic rings. The number of anilines is 1. The molecule has 0 saturated carbocycles. The topological polar surface area (TPSA) is 84.6 Å². The van der Waals surface area contributed by atoms with E-state index in [-0.39, 0.29) is 24.7 Å². The van der Waals surface area contributed by atoms with E-state index in [9.17, 15) is 22.0 Å². The fraction of sp³-hybridized carbons (Fsp3) is 0.312. The van der Waals surface area contributed by atoms with E-state index in [0.717, 1.165) is 29.9 Å². The van der Waals surface area contributed by atoms with Crippen molar-refractivity contribution in [3.63, 3.8) is 0 Å². The maximum absolute atomic E-state index is 14.7. The normalized spacial score (nSPS) is 13.0. The average Bonchev–Trinajstić information content (AvgIpc) is 3.08. The third-order valence-electron chi connectivity index (χ3n) is 3.85. The zero-order valence-corrected chi connectivity index (χ0v) is 15.4. The first-order valence-corrected chi connectivity index (χ1v) is 8.46. The number of alkyl halides is 3. The highest BCUT2D eigenvalue weighted by atomic mass is 35.5. The predicted octanol–water partition coefficient (Wildman–Crippen LogP) is 3.46. The summed E-state index contributed by atoms with van der Waals surface area (Å²) < 4.78 is 74.5. The molecule has 1 atom stereocenters. The van der Waals surface area contributed by atoms with Crippen LogP contribution in [0.1, 0.15) is 6.92 Å². The molecule has 2 heterocycles. The van der Waals surface area contributed by atoms with Crippen LogP contribution < -0.4 is 10.1 Å². The van der Waals surface area contributed by atoms with E-state index < -0.39 is 46.0 Å². The SMILES string of the molecule is C[C@H](Nc1c(-c2c(F)cc(OCCO)cc2F)c(Cl)nc2ncnn12)C(F)(F)F. The van der Waals surface area contributed by atoms with Gasteiger partial charge in [0, 0.05) is 12.1 Å². The average molecular weight is 438 g/mol. The number of hydrogen-bond donors (Lipinski definition) is 2. The molecule has 0 amide bonds. The summed E-state index contributed by atoms with van der Waals surface area (Å²) in [4.78, 5) is 7.57. The van der Waals surface area contributed by atoms with Gasteiger partial charge in [0.2, 0.25) is 0 Å². The molecule has 0 unspecified atom stereocenters. The highest BCUT2D eigenvalue weighted by molar-refractivity contribution is 6.33. The van der Waals surface area contributed by atoms with Gasteiger partial charge >= 0.3 is 6.18 Å². The van der Waals surface area contributed by atoms with Crippen molar-refractivity contribution < 1.29 is 31.8 Å². The minimum Gasteiger partial charge on any atom is -0.491 e. The number of halogens is 6. The summed E-state index contributed by atoms with van der Waals surface area (Å²) in [5.74, 6) is -3.15. The van der Waals surface area contributed by atoms with E-state index in [2.05, 4.69) is 20.4 Å². The van der Waals surface area contributed by atoms with Gasteiger partial charge in [-0.15, -0.1) is 0 Å². The lowest BCUT2D eigenvalue weighted by molar-refractivity contribution is -0.138. The van der Waals surface area contributed by atoms with Gasteiger partial charge in [-0.3, -0.25) is 0 Å². The van der Waals surface area contributed by atoms with Gasteiger partial charge < -0.3 is 15.2 Å². The first-order chi connectivity index (χ1) is 13.6. The molecular formula is C16H13ClF5N5O2. The van der Waals surface area contributed by atoms with Gasteiger partial charge in [-0.25, -0.2) is 8.78 Å². The molecule has 13 heteroatoms. The third-order valence-corrected chi connectivity index (χ3v) is 4.13. The first-order valence-electron chi connectivity index (χ1n) is 8.09. The molecule has 0 aliphatic rings. The Kier molecular flexibility index (Phi) is 5.75. The summed E-state index contributed by atoms with van der Waals surface area (Å²) in [6, 6.07) is -0.481. The molecule has 2 aromatic heterocycles. The summed E-state index contributed by atoms with van der Waals surface area (Å²) in [5, 5.41) is 14.2. The van der Waals surface area contributed by atoms with Crippen LogP contribution in [0.2, 0.25) is 5.15 Å². The highest BCUT2D eigenvalue weighted by Crippen LogP contribution is 2.39. The van der Waals surface area contributed by atoms with Crippen molar-refractivity contribution in [1.29, 1.82) is 0 Å². The summed E-state index contributed by atoms with van der Waals surface area (Å²) in [7, 11) is 0. The second kappa shape index (κ2) is 7.95. The van der Waals surface area contributed by atoms with Gasteiger partial charge in [0.15, 0.2) is 0 Å². The van der Waals surface area contributed by atoms with Crippen LogP contribution in [0.15, 0.2) is 18.5 Å². The number of benzene rings is 1. The summed E-state index contributed by atoms with van der Waals surface area (Å²) in [6.07, 6.45) is -3.66. The van der Waals surface area contributed by atoms with Crippen molar-refractivity contribution in [3.05, 3.63) is 35.2 Å². The van der Waals surface area contributed by atoms with Gasteiger partial charge in [0.1, 0.15) is 47.3 Å². The fourth-order valence-electron chi connectivity index (χ4n) is 2.49. The smallest absolute Gasteiger partial charge is 0.408 e. The predicted molar refractivity (Wildman–Crippen MR) is 92.9 cm³/mol. The molecule has 0 bridgehead atoms. The molecule has 0 radical (unpaired) electrons. The van der Waals surface area contributed by atoms with Crippen LogP contribution in [0.25, 0.3) is 16.9 Å². The minimum atomic E-state index is -4.67. The Bertz CT molecular complexity index is 1020. The maximum atomic E-state index is 14.7. The second-order valence-corrected chi connectivity index (χ2v) is 6.20. The molecule has 3 rings (SSSR count). The molecule has 7 nitrogen and oxygen atoms in total. The van der Waals surface area contributed by atoms with E-state index in [4.69, 9.17) is 21.4 Å². The van der Waals surface area contributed by atoms with Crippen LogP contribution in [0.4, 0.5) is 27.8 Å². The number of fused-ring (bicyclic) bond motifs is 1. The number of ether oxygens (including phenoxy) is 1. The van der Waals surface area contributed by atoms with Crippen LogP contribution in [-0.4, -0.2) is 50.1 Å². The molecule has 0 aliphatic carbocycles. The Morgan fingerprint density at radius 3 is 2.48 bits per heavy atom. The molecule has 0 spiro atoms. The number of hydrogen-bond acceptors (Lipinski definition) is 6. The van der Waals surface area contributed by atoms with Crippen LogP contribution >= 0.6 is 11.6 Å². The van der Waals surface area contributed by atoms with Crippen LogP contribution in [0.5, 0.6) is 5.75 Å². The fourth-order valence-corrected chi connectivity index (χ4v) is 2.75. The Labute approximate surface area is 165 Å². The lowest BCUT2D eigenvalue weighted by Gasteiger charge is -2.21. The minimum absolute atomic E-state index is 0.167. The summed E-state index contributed by atoms with van der Waals surface area (Å²) in [5.41, 5.74) is -1.20. The molecule has 2 N–H and O–H groups in total. The van der Waals surface area contributed by atoms with Gasteiger partial charge in [-0.2, -0.15) is 32.8 Å². The molecule has 29 heavy (non-hydrogen) atoms. The molecule has 1 aromatic carbocycles. The standard InChI is InChI=1S/C16H13ClF5N5O2/c1-7(16(20,21)22)25-14-12(13(17)26-15-23-6-24-27(14)15)11-9(18)4-8(5-10(11)19)29-3-2-28/h4-7,25,28H,2-3H2,1H3/t7-/m0/s1. The molecule has 156 valence electrons. The van der Waals surface area contributed by atoms with Gasteiger partial charge in [-0.1, -0.05) is 11.6 Å². The molecular weight excluding hydrogens is 425 g/mol. The zero-order chi connectivity index (χ0) is 21.3. The number of nitrogens with zero attached hydrogens (tertiary/aromatic N) is 4. The van der Waals surface area contributed by atoms with Crippen molar-refractivity contribution in [3.8, 4) is 16.9 Å². The lowest BCUT2D eigenvalue weighted by atomic mass is 10.1. The van der Waals surface area contributed by atoms with Gasteiger partial charge in [0.05, 0.1) is 17.7 Å². The quantitative estimate of drug-likeness (QED) is 0.454. The summed E-state index contributed by atoms with van der Waals surface area (Å²) >= 11 is 6.05. The Morgan fingerprint density at radius 1 is 1.24 bits per heavy atom. The van der Waals surface area contributed by atoms with Crippen molar-refractivity contribution in [1.82, 2.24) is 19.6 Å². The van der Waals surface area contributed by atoms with E-state index in [1.807, 2.05) is 0 Å². The van der Waals surface area contributed by atoms with E-state index in [1.54, 1.807) is 0 Å². The highest BCUT2D eigenvalue weighted by Gasteiger charge is 2.37. The van der Waals surface area contributed by atoms with Crippen molar-refractivity contribution in [2.75, 3.05) is 18.5 Å². The third kappa shape index (κ3) is 4.17. The number of aromatic nitrogens is 4. The molecule has 0 aliphatic heterocycles. The Balaban J connectivity index is 2.21. The first kappa shape index (κ1) is 21.0. The van der Waals surface area contributed by atoms with E-state index in [0.29, 0.717) is 0 Å². The number of rotatable bonds is 6. The number of aliphatic hydroxyl groups is 1. The zero-order valence-electron chi connectivity index (χ0n) is 14.6. The van der Waals surface area contributed by atoms with Crippen LogP contribution in [-0.2, 0) is 0 Å². The number of nitrogens with one attached hydrogen (secondary N) is 1. The van der Waals surface area contributed by atoms with Gasteiger partial charge in [0.25, 0.3) is 5.78 Å². The second-order valence-electron chi connectivity index (χ2n) is 5.84. The maximum Gasteiger partial charge on any atom is 0.408 e. The molecule has 0 fully saturated rings. The van der Waals surface area contributed by atoms with Crippen molar-refractivity contribution in [2.45, 2.75) is 19.1 Å². The van der Waals surface area contributed by atoms with E-state index >= 15 is 0 Å². The Morgan fingerprint density at radius 2 is 1.90 bits per heavy atom. The molecule has 0 saturated heterocycles. The van der Waals surface area contributed by atoms with E-state index in [1.165, 1.54) is 0 Å². The van der Waals surface area contributed by atoms with Crippen molar-refractivity contribution >= 4 is 23.2 Å². The Hall–Kier alpha value is -2.73. The monoisotopic (exact) mass is 437 g/mol.